The maximum absolute atomic E-state index is 13.6. The van der Waals surface area contributed by atoms with Crippen LogP contribution in [0.3, 0.4) is 0 Å². The summed E-state index contributed by atoms with van der Waals surface area (Å²) in [6.07, 6.45) is 0.0915. The average Bonchev–Trinajstić information content (AvgIpc) is 3.53. The van der Waals surface area contributed by atoms with Crippen LogP contribution in [0.5, 0.6) is 0 Å². The zero-order chi connectivity index (χ0) is 37.4. The van der Waals surface area contributed by atoms with Gasteiger partial charge >= 0.3 is 5.97 Å². The van der Waals surface area contributed by atoms with Gasteiger partial charge in [-0.15, -0.1) is 0 Å². The molecule has 1 heterocycles. The molecule has 0 unspecified atom stereocenters. The first kappa shape index (κ1) is 42.2. The van der Waals surface area contributed by atoms with Crippen LogP contribution in [0.4, 0.5) is 0 Å². The number of aliphatic carboxylic acids is 1. The third kappa shape index (κ3) is 14.0. The molecule has 0 aliphatic carbocycles. The minimum atomic E-state index is -1.57. The molecule has 0 aromatic heterocycles. The van der Waals surface area contributed by atoms with Crippen LogP contribution >= 0.6 is 0 Å². The Hall–Kier alpha value is -4.85. The molecule has 1 saturated heterocycles. The predicted molar refractivity (Wildman–Crippen MR) is 170 cm³/mol. The number of likely N-dealkylation sites (tertiary alicyclic amines) is 1. The van der Waals surface area contributed by atoms with Crippen LogP contribution in [0.25, 0.3) is 0 Å². The summed E-state index contributed by atoms with van der Waals surface area (Å²) in [7, 11) is 0. The number of carboxylic acids is 1. The number of rotatable bonds is 20. The van der Waals surface area contributed by atoms with Crippen molar-refractivity contribution in [2.24, 2.45) is 23.3 Å². The van der Waals surface area contributed by atoms with E-state index in [1.165, 1.54) is 4.90 Å². The van der Waals surface area contributed by atoms with Gasteiger partial charge in [0.05, 0.1) is 19.7 Å². The van der Waals surface area contributed by atoms with Crippen LogP contribution in [-0.2, 0) is 43.2 Å². The molecule has 1 aliphatic heterocycles. The third-order valence-corrected chi connectivity index (χ3v) is 7.51. The van der Waals surface area contributed by atoms with Crippen molar-refractivity contribution in [2.45, 2.75) is 83.6 Å². The SMILES string of the molecule is CC(C)[C@H](NC(=O)CNC(=O)CN)C(=O)N[C@@H](CO)C(=O)N[C@H](C(=O)N[C@@H](CCC(N)=O)C(=O)N1CCC[C@H]1C(=O)NCC(=O)O)C(C)C. The fraction of sp³-hybridized carbons (Fsp3) is 0.690. The highest BCUT2D eigenvalue weighted by Crippen LogP contribution is 2.20. The molecule has 0 radical (unpaired) electrons. The number of nitrogens with zero attached hydrogens (tertiary/aromatic N) is 1. The smallest absolute Gasteiger partial charge is 0.322 e. The first-order valence-corrected chi connectivity index (χ1v) is 15.8. The second-order valence-electron chi connectivity index (χ2n) is 12.1. The Morgan fingerprint density at radius 2 is 1.35 bits per heavy atom. The summed E-state index contributed by atoms with van der Waals surface area (Å²) in [5.74, 6) is -8.51. The number of hydrogen-bond donors (Lipinski definition) is 10. The van der Waals surface area contributed by atoms with Gasteiger partial charge in [-0.1, -0.05) is 27.7 Å². The number of aliphatic hydroxyl groups excluding tert-OH is 1. The van der Waals surface area contributed by atoms with E-state index in [1.807, 2.05) is 0 Å². The van der Waals surface area contributed by atoms with E-state index in [4.69, 9.17) is 16.6 Å². The molecule has 20 heteroatoms. The maximum Gasteiger partial charge on any atom is 0.322 e. The predicted octanol–water partition coefficient (Wildman–Crippen LogP) is -5.24. The number of amides is 8. The summed E-state index contributed by atoms with van der Waals surface area (Å²) in [5.41, 5.74) is 10.5. The molecule has 0 bridgehead atoms. The molecule has 0 aromatic carbocycles. The van der Waals surface area contributed by atoms with Gasteiger partial charge in [0.2, 0.25) is 47.3 Å². The van der Waals surface area contributed by atoms with E-state index in [0.29, 0.717) is 6.42 Å². The summed E-state index contributed by atoms with van der Waals surface area (Å²) in [6, 6.07) is -6.44. The highest BCUT2D eigenvalue weighted by Gasteiger charge is 2.39. The van der Waals surface area contributed by atoms with Crippen LogP contribution < -0.4 is 43.4 Å². The van der Waals surface area contributed by atoms with E-state index >= 15 is 0 Å². The molecule has 0 spiro atoms. The van der Waals surface area contributed by atoms with Crippen molar-refractivity contribution >= 4 is 53.2 Å². The zero-order valence-corrected chi connectivity index (χ0v) is 28.1. The summed E-state index contributed by atoms with van der Waals surface area (Å²) >= 11 is 0. The molecule has 276 valence electrons. The van der Waals surface area contributed by atoms with Gasteiger partial charge in [-0.05, 0) is 31.1 Å². The van der Waals surface area contributed by atoms with Gasteiger partial charge < -0.3 is 58.5 Å². The van der Waals surface area contributed by atoms with Gasteiger partial charge in [0.15, 0.2) is 0 Å². The number of nitrogens with one attached hydrogen (secondary N) is 6. The Balaban J connectivity index is 3.07. The quantitative estimate of drug-likeness (QED) is 0.0570. The molecule has 0 saturated carbocycles. The van der Waals surface area contributed by atoms with Gasteiger partial charge in [-0.25, -0.2) is 0 Å². The summed E-state index contributed by atoms with van der Waals surface area (Å²) < 4.78 is 0. The van der Waals surface area contributed by atoms with E-state index in [9.17, 15) is 48.3 Å². The Morgan fingerprint density at radius 3 is 1.86 bits per heavy atom. The zero-order valence-electron chi connectivity index (χ0n) is 28.1. The summed E-state index contributed by atoms with van der Waals surface area (Å²) in [4.78, 5) is 113. The van der Waals surface area contributed by atoms with Crippen molar-refractivity contribution in [1.82, 2.24) is 36.8 Å². The van der Waals surface area contributed by atoms with E-state index in [0.717, 1.165) is 0 Å². The highest BCUT2D eigenvalue weighted by atomic mass is 16.4. The molecule has 12 N–H and O–H groups in total. The van der Waals surface area contributed by atoms with Crippen molar-refractivity contribution in [3.8, 4) is 0 Å². The number of carboxylic acid groups (broad SMARTS) is 1. The van der Waals surface area contributed by atoms with Crippen LogP contribution in [0.2, 0.25) is 0 Å². The molecule has 8 amide bonds. The van der Waals surface area contributed by atoms with Gasteiger partial charge in [0.1, 0.15) is 36.8 Å². The minimum Gasteiger partial charge on any atom is -0.480 e. The van der Waals surface area contributed by atoms with Crippen molar-refractivity contribution in [3.63, 3.8) is 0 Å². The molecular formula is C29H49N9O11. The second-order valence-corrected chi connectivity index (χ2v) is 12.1. The molecule has 1 aliphatic rings. The van der Waals surface area contributed by atoms with E-state index in [1.54, 1.807) is 27.7 Å². The first-order chi connectivity index (χ1) is 22.9. The number of carbonyl (C=O) groups excluding carboxylic acids is 8. The topological polar surface area (TPSA) is 322 Å². The fourth-order valence-electron chi connectivity index (χ4n) is 4.84. The second kappa shape index (κ2) is 20.5. The summed E-state index contributed by atoms with van der Waals surface area (Å²) in [5, 5.41) is 33.0. The maximum atomic E-state index is 13.6. The highest BCUT2D eigenvalue weighted by molar-refractivity contribution is 5.97. The van der Waals surface area contributed by atoms with Crippen molar-refractivity contribution in [3.05, 3.63) is 0 Å². The van der Waals surface area contributed by atoms with Gasteiger partial charge in [-0.3, -0.25) is 43.2 Å². The lowest BCUT2D eigenvalue weighted by atomic mass is 10.0. The standard InChI is InChI=1S/C29H49N9O11/c1-14(2)23(36-21(42)11-32-20(41)10-30)27(47)35-17(13-39)25(45)37-24(15(3)4)28(48)34-16(7-8-19(31)40)29(49)38-9-5-6-18(38)26(46)33-12-22(43)44/h14-18,23-24,39H,5-13,30H2,1-4H3,(H2,31,40)(H,32,41)(H,33,46)(H,34,48)(H,35,47)(H,36,42)(H,37,45)(H,43,44)/t16-,17-,18-,23-,24-/m0/s1. The van der Waals surface area contributed by atoms with Gasteiger partial charge in [-0.2, -0.15) is 0 Å². The first-order valence-electron chi connectivity index (χ1n) is 15.8. The van der Waals surface area contributed by atoms with Crippen LogP contribution in [0, 0.1) is 11.8 Å². The van der Waals surface area contributed by atoms with E-state index < -0.39 is 115 Å². The Bertz CT molecular complexity index is 1240. The third-order valence-electron chi connectivity index (χ3n) is 7.51. The lowest BCUT2D eigenvalue weighted by Crippen LogP contribution is -2.61. The molecule has 49 heavy (non-hydrogen) atoms. The van der Waals surface area contributed by atoms with E-state index in [2.05, 4.69) is 31.9 Å². The molecule has 1 rings (SSSR count). The van der Waals surface area contributed by atoms with E-state index in [-0.39, 0.29) is 32.4 Å². The molecule has 20 nitrogen and oxygen atoms in total. The average molecular weight is 700 g/mol. The molecule has 0 aromatic rings. The lowest BCUT2D eigenvalue weighted by molar-refractivity contribution is -0.143. The summed E-state index contributed by atoms with van der Waals surface area (Å²) in [6.45, 7) is 4.14. The number of aliphatic hydroxyl groups is 1. The van der Waals surface area contributed by atoms with Crippen molar-refractivity contribution in [2.75, 3.05) is 32.8 Å². The van der Waals surface area contributed by atoms with Crippen molar-refractivity contribution < 1.29 is 53.4 Å². The lowest BCUT2D eigenvalue weighted by Gasteiger charge is -2.31. The van der Waals surface area contributed by atoms with Crippen molar-refractivity contribution in [1.29, 1.82) is 0 Å². The van der Waals surface area contributed by atoms with Gasteiger partial charge in [0, 0.05) is 13.0 Å². The minimum absolute atomic E-state index is 0.120. The van der Waals surface area contributed by atoms with Crippen LogP contribution in [0.15, 0.2) is 0 Å². The monoisotopic (exact) mass is 699 g/mol. The Morgan fingerprint density at radius 1 is 0.776 bits per heavy atom. The largest absolute Gasteiger partial charge is 0.480 e. The number of primary amides is 1. The Labute approximate surface area is 283 Å². The molecule has 5 atom stereocenters. The number of carbonyl (C=O) groups is 9. The number of hydrogen-bond acceptors (Lipinski definition) is 11. The normalized spacial score (nSPS) is 16.5. The fourth-order valence-corrected chi connectivity index (χ4v) is 4.84. The molecule has 1 fully saturated rings. The van der Waals surface area contributed by atoms with Crippen LogP contribution in [0.1, 0.15) is 53.4 Å². The molecular weight excluding hydrogens is 650 g/mol. The van der Waals surface area contributed by atoms with Crippen LogP contribution in [-0.4, -0.2) is 131 Å². The van der Waals surface area contributed by atoms with Gasteiger partial charge in [0.25, 0.3) is 0 Å². The Kier molecular flexibility index (Phi) is 17.6. The number of nitrogens with two attached hydrogens (primary N) is 2.